The zero-order valence-electron chi connectivity index (χ0n) is 12.4. The summed E-state index contributed by atoms with van der Waals surface area (Å²) in [6, 6.07) is 4.88. The van der Waals surface area contributed by atoms with E-state index >= 15 is 0 Å². The number of hydrogen-bond donors (Lipinski definition) is 2. The summed E-state index contributed by atoms with van der Waals surface area (Å²) in [5.74, 6) is -0.915. The maximum absolute atomic E-state index is 12.3. The number of carbonyl (C=O) groups is 1. The molecular weight excluding hydrogens is 294 g/mol. The molecule has 0 saturated heterocycles. The van der Waals surface area contributed by atoms with Gasteiger partial charge in [0.1, 0.15) is 10.6 Å². The van der Waals surface area contributed by atoms with Gasteiger partial charge in [-0.25, -0.2) is 13.1 Å². The van der Waals surface area contributed by atoms with Gasteiger partial charge in [-0.15, -0.1) is 0 Å². The zero-order valence-corrected chi connectivity index (χ0v) is 13.2. The van der Waals surface area contributed by atoms with E-state index < -0.39 is 16.0 Å². The van der Waals surface area contributed by atoms with Gasteiger partial charge in [0.25, 0.3) is 0 Å². The van der Waals surface area contributed by atoms with Crippen LogP contribution in [0.15, 0.2) is 23.1 Å². The fourth-order valence-electron chi connectivity index (χ4n) is 1.91. The number of carboxylic acids is 1. The van der Waals surface area contributed by atoms with E-state index in [0.717, 1.165) is 5.56 Å². The Morgan fingerprint density at radius 3 is 2.62 bits per heavy atom. The number of methoxy groups -OCH3 is 1. The number of hydrogen-bond acceptors (Lipinski definition) is 4. The van der Waals surface area contributed by atoms with Gasteiger partial charge in [-0.1, -0.05) is 19.4 Å². The van der Waals surface area contributed by atoms with Gasteiger partial charge in [-0.05, 0) is 30.5 Å². The second kappa shape index (κ2) is 7.42. The molecule has 6 nitrogen and oxygen atoms in total. The maximum Gasteiger partial charge on any atom is 0.303 e. The van der Waals surface area contributed by atoms with Crippen molar-refractivity contribution in [1.82, 2.24) is 4.72 Å². The molecule has 21 heavy (non-hydrogen) atoms. The molecule has 0 amide bonds. The number of benzene rings is 1. The summed E-state index contributed by atoms with van der Waals surface area (Å²) in [5, 5.41) is 8.78. The van der Waals surface area contributed by atoms with Gasteiger partial charge in [0.15, 0.2) is 0 Å². The molecule has 0 heterocycles. The summed E-state index contributed by atoms with van der Waals surface area (Å²) in [6.45, 7) is 3.70. The van der Waals surface area contributed by atoms with Gasteiger partial charge in [0.05, 0.1) is 7.11 Å². The monoisotopic (exact) mass is 315 g/mol. The molecule has 0 aliphatic carbocycles. The second-order valence-corrected chi connectivity index (χ2v) is 6.61. The number of sulfonamides is 1. The highest BCUT2D eigenvalue weighted by Gasteiger charge is 2.21. The second-order valence-electron chi connectivity index (χ2n) is 4.88. The Morgan fingerprint density at radius 2 is 2.10 bits per heavy atom. The van der Waals surface area contributed by atoms with Crippen LogP contribution < -0.4 is 9.46 Å². The Bertz CT molecular complexity index is 597. The molecular formula is C14H21NO5S. The molecule has 1 atom stereocenters. The van der Waals surface area contributed by atoms with Gasteiger partial charge in [0, 0.05) is 13.0 Å². The number of aliphatic carboxylic acids is 1. The lowest BCUT2D eigenvalue weighted by Crippen LogP contribution is -2.30. The molecule has 7 heteroatoms. The predicted molar refractivity (Wildman–Crippen MR) is 79.0 cm³/mol. The molecule has 0 fully saturated rings. The highest BCUT2D eigenvalue weighted by Crippen LogP contribution is 2.24. The fourth-order valence-corrected chi connectivity index (χ4v) is 3.27. The molecule has 0 bridgehead atoms. The van der Waals surface area contributed by atoms with Crippen molar-refractivity contribution in [2.24, 2.45) is 5.92 Å². The topological polar surface area (TPSA) is 92.7 Å². The molecule has 0 aliphatic rings. The zero-order chi connectivity index (χ0) is 16.0. The lowest BCUT2D eigenvalue weighted by atomic mass is 10.0. The molecule has 2 N–H and O–H groups in total. The maximum atomic E-state index is 12.3. The van der Waals surface area contributed by atoms with E-state index in [4.69, 9.17) is 9.84 Å². The Morgan fingerprint density at radius 1 is 1.43 bits per heavy atom. The number of ether oxygens (including phenoxy) is 1. The van der Waals surface area contributed by atoms with E-state index in [9.17, 15) is 13.2 Å². The molecule has 118 valence electrons. The first-order chi connectivity index (χ1) is 9.80. The molecule has 1 rings (SSSR count). The van der Waals surface area contributed by atoms with Crippen molar-refractivity contribution in [3.63, 3.8) is 0 Å². The Labute approximate surface area is 125 Å². The Balaban J connectivity index is 2.91. The molecule has 0 aromatic heterocycles. The van der Waals surface area contributed by atoms with Crippen molar-refractivity contribution < 1.29 is 23.1 Å². The quantitative estimate of drug-likeness (QED) is 0.763. The summed E-state index contributed by atoms with van der Waals surface area (Å²) in [4.78, 5) is 10.8. The number of carboxylic acid groups (broad SMARTS) is 1. The van der Waals surface area contributed by atoms with Crippen molar-refractivity contribution in [1.29, 1.82) is 0 Å². The van der Waals surface area contributed by atoms with Crippen LogP contribution in [0.4, 0.5) is 0 Å². The van der Waals surface area contributed by atoms with E-state index in [-0.39, 0.29) is 29.5 Å². The van der Waals surface area contributed by atoms with Crippen LogP contribution in [0, 0.1) is 12.8 Å². The standard InChI is InChI=1S/C14H21NO5S/c1-4-11(8-14(16)17)9-15-21(18,19)13-7-10(2)5-6-12(13)20-3/h5-7,11,15H,4,8-9H2,1-3H3,(H,16,17). The highest BCUT2D eigenvalue weighted by atomic mass is 32.2. The van der Waals surface area contributed by atoms with Crippen LogP contribution in [0.3, 0.4) is 0 Å². The van der Waals surface area contributed by atoms with E-state index in [2.05, 4.69) is 4.72 Å². The summed E-state index contributed by atoms with van der Waals surface area (Å²) < 4.78 is 32.2. The first kappa shape index (κ1) is 17.5. The Kier molecular flexibility index (Phi) is 6.17. The van der Waals surface area contributed by atoms with Crippen molar-refractivity contribution in [3.05, 3.63) is 23.8 Å². The molecule has 0 radical (unpaired) electrons. The van der Waals surface area contributed by atoms with Gasteiger partial charge >= 0.3 is 5.97 Å². The first-order valence-electron chi connectivity index (χ1n) is 6.66. The van der Waals surface area contributed by atoms with Crippen LogP contribution in [0.2, 0.25) is 0 Å². The highest BCUT2D eigenvalue weighted by molar-refractivity contribution is 7.89. The lowest BCUT2D eigenvalue weighted by Gasteiger charge is -2.15. The van der Waals surface area contributed by atoms with Crippen LogP contribution in [0.25, 0.3) is 0 Å². The normalized spacial score (nSPS) is 12.9. The molecule has 0 saturated carbocycles. The third kappa shape index (κ3) is 5.02. The van der Waals surface area contributed by atoms with E-state index in [1.54, 1.807) is 19.1 Å². The predicted octanol–water partition coefficient (Wildman–Crippen LogP) is 1.78. The lowest BCUT2D eigenvalue weighted by molar-refractivity contribution is -0.138. The number of nitrogens with one attached hydrogen (secondary N) is 1. The fraction of sp³-hybridized carbons (Fsp3) is 0.500. The number of rotatable bonds is 8. The summed E-state index contributed by atoms with van der Waals surface area (Å²) in [6.07, 6.45) is 0.518. The first-order valence-corrected chi connectivity index (χ1v) is 8.14. The summed E-state index contributed by atoms with van der Waals surface area (Å²) in [7, 11) is -2.33. The Hall–Kier alpha value is -1.60. The van der Waals surface area contributed by atoms with Crippen LogP contribution >= 0.6 is 0 Å². The van der Waals surface area contributed by atoms with Gasteiger partial charge in [0.2, 0.25) is 10.0 Å². The van der Waals surface area contributed by atoms with E-state index in [1.165, 1.54) is 13.2 Å². The van der Waals surface area contributed by atoms with Crippen molar-refractivity contribution >= 4 is 16.0 Å². The molecule has 0 aliphatic heterocycles. The van der Waals surface area contributed by atoms with Gasteiger partial charge in [-0.2, -0.15) is 0 Å². The van der Waals surface area contributed by atoms with Crippen LogP contribution in [0.1, 0.15) is 25.3 Å². The van der Waals surface area contributed by atoms with Crippen molar-refractivity contribution in [3.8, 4) is 5.75 Å². The van der Waals surface area contributed by atoms with Crippen LogP contribution in [-0.4, -0.2) is 33.1 Å². The summed E-state index contributed by atoms with van der Waals surface area (Å²) >= 11 is 0. The average Bonchev–Trinajstić information content (AvgIpc) is 2.43. The van der Waals surface area contributed by atoms with E-state index in [1.807, 2.05) is 6.92 Å². The van der Waals surface area contributed by atoms with Gasteiger partial charge < -0.3 is 9.84 Å². The molecule has 0 spiro atoms. The molecule has 1 aromatic rings. The molecule has 1 aromatic carbocycles. The van der Waals surface area contributed by atoms with Crippen molar-refractivity contribution in [2.75, 3.05) is 13.7 Å². The SMILES string of the molecule is CCC(CNS(=O)(=O)c1cc(C)ccc1OC)CC(=O)O. The minimum absolute atomic E-state index is 0.0650. The number of aryl methyl sites for hydroxylation is 1. The van der Waals surface area contributed by atoms with Crippen LogP contribution in [0.5, 0.6) is 5.75 Å². The van der Waals surface area contributed by atoms with Crippen LogP contribution in [-0.2, 0) is 14.8 Å². The average molecular weight is 315 g/mol. The minimum atomic E-state index is -3.73. The third-order valence-electron chi connectivity index (χ3n) is 3.21. The largest absolute Gasteiger partial charge is 0.495 e. The minimum Gasteiger partial charge on any atom is -0.495 e. The van der Waals surface area contributed by atoms with Crippen molar-refractivity contribution in [2.45, 2.75) is 31.6 Å². The summed E-state index contributed by atoms with van der Waals surface area (Å²) in [5.41, 5.74) is 0.800. The smallest absolute Gasteiger partial charge is 0.303 e. The molecule has 1 unspecified atom stereocenters. The third-order valence-corrected chi connectivity index (χ3v) is 4.66. The van der Waals surface area contributed by atoms with E-state index in [0.29, 0.717) is 6.42 Å². The van der Waals surface area contributed by atoms with Gasteiger partial charge in [-0.3, -0.25) is 4.79 Å².